The summed E-state index contributed by atoms with van der Waals surface area (Å²) in [5.41, 5.74) is -0.747. The van der Waals surface area contributed by atoms with Gasteiger partial charge in [-0.1, -0.05) is 16.4 Å². The highest BCUT2D eigenvalue weighted by Gasteiger charge is 2.30. The van der Waals surface area contributed by atoms with Gasteiger partial charge in [0.25, 0.3) is 5.19 Å². The van der Waals surface area contributed by atoms with Crippen LogP contribution in [0.1, 0.15) is 10.6 Å². The summed E-state index contributed by atoms with van der Waals surface area (Å²) in [5.74, 6) is 0.226. The predicted molar refractivity (Wildman–Crippen MR) is 57.3 cm³/mol. The first kappa shape index (κ1) is 12.8. The molecule has 1 heterocycles. The Balaban J connectivity index is 2.11. The van der Waals surface area contributed by atoms with Crippen LogP contribution in [0.3, 0.4) is 0 Å². The first-order chi connectivity index (χ1) is 8.49. The van der Waals surface area contributed by atoms with Crippen LogP contribution in [0.5, 0.6) is 10.9 Å². The van der Waals surface area contributed by atoms with E-state index in [0.717, 1.165) is 23.5 Å². The summed E-state index contributed by atoms with van der Waals surface area (Å²) < 4.78 is 42.1. The molecule has 4 nitrogen and oxygen atoms in total. The van der Waals surface area contributed by atoms with E-state index in [2.05, 4.69) is 10.2 Å². The normalized spacial score (nSPS) is 11.6. The molecule has 0 aliphatic carbocycles. The first-order valence-corrected chi connectivity index (χ1v) is 5.59. The molecule has 0 amide bonds. The van der Waals surface area contributed by atoms with Gasteiger partial charge in [0, 0.05) is 0 Å². The molecule has 8 heteroatoms. The zero-order valence-corrected chi connectivity index (χ0v) is 9.63. The summed E-state index contributed by atoms with van der Waals surface area (Å²) in [6, 6.07) is 4.23. The number of alkyl halides is 3. The van der Waals surface area contributed by atoms with Crippen LogP contribution in [0.4, 0.5) is 13.2 Å². The Labute approximate surface area is 104 Å². The van der Waals surface area contributed by atoms with E-state index in [4.69, 9.17) is 9.84 Å². The molecule has 0 aliphatic rings. The van der Waals surface area contributed by atoms with E-state index in [9.17, 15) is 13.2 Å². The van der Waals surface area contributed by atoms with Crippen molar-refractivity contribution in [2.24, 2.45) is 0 Å². The van der Waals surface area contributed by atoms with Crippen LogP contribution in [0, 0.1) is 0 Å². The van der Waals surface area contributed by atoms with E-state index < -0.39 is 11.7 Å². The lowest BCUT2D eigenvalue weighted by Gasteiger charge is -2.06. The van der Waals surface area contributed by atoms with Gasteiger partial charge < -0.3 is 9.84 Å². The van der Waals surface area contributed by atoms with E-state index in [1.807, 2.05) is 0 Å². The molecule has 0 bridgehead atoms. The topological polar surface area (TPSA) is 55.2 Å². The van der Waals surface area contributed by atoms with Crippen molar-refractivity contribution in [3.05, 3.63) is 34.8 Å². The molecule has 0 fully saturated rings. The third-order valence-corrected chi connectivity index (χ3v) is 2.76. The quantitative estimate of drug-likeness (QED) is 0.936. The second kappa shape index (κ2) is 4.91. The van der Waals surface area contributed by atoms with Crippen LogP contribution in [0.15, 0.2) is 24.3 Å². The average molecular weight is 276 g/mol. The first-order valence-electron chi connectivity index (χ1n) is 4.77. The SMILES string of the molecule is OCc1nnc(Oc2ccc(C(F)(F)F)cc2)s1. The molecule has 0 spiro atoms. The second-order valence-electron chi connectivity index (χ2n) is 3.24. The number of aliphatic hydroxyl groups excluding tert-OH is 1. The molecule has 0 atom stereocenters. The fourth-order valence-electron chi connectivity index (χ4n) is 1.16. The van der Waals surface area contributed by atoms with Crippen LogP contribution in [0.25, 0.3) is 0 Å². The highest BCUT2D eigenvalue weighted by Crippen LogP contribution is 2.31. The number of halogens is 3. The minimum Gasteiger partial charge on any atom is -0.430 e. The minimum atomic E-state index is -4.37. The number of hydrogen-bond donors (Lipinski definition) is 1. The van der Waals surface area contributed by atoms with Crippen molar-refractivity contribution in [3.63, 3.8) is 0 Å². The van der Waals surface area contributed by atoms with Crippen molar-refractivity contribution in [3.8, 4) is 10.9 Å². The largest absolute Gasteiger partial charge is 0.430 e. The summed E-state index contributed by atoms with van der Waals surface area (Å²) in [6.07, 6.45) is -4.37. The zero-order chi connectivity index (χ0) is 13.2. The van der Waals surface area contributed by atoms with Crippen LogP contribution in [-0.2, 0) is 12.8 Å². The summed E-state index contributed by atoms with van der Waals surface area (Å²) in [4.78, 5) is 0. The highest BCUT2D eigenvalue weighted by atomic mass is 32.1. The van der Waals surface area contributed by atoms with Gasteiger partial charge >= 0.3 is 6.18 Å². The molecule has 18 heavy (non-hydrogen) atoms. The number of hydrogen-bond acceptors (Lipinski definition) is 5. The number of aromatic nitrogens is 2. The third-order valence-electron chi connectivity index (χ3n) is 1.97. The molecule has 1 aromatic heterocycles. The molecule has 0 saturated carbocycles. The van der Waals surface area contributed by atoms with Crippen molar-refractivity contribution in [1.29, 1.82) is 0 Å². The van der Waals surface area contributed by atoms with Gasteiger partial charge in [0.05, 0.1) is 12.2 Å². The lowest BCUT2D eigenvalue weighted by Crippen LogP contribution is -2.03. The number of benzene rings is 1. The van der Waals surface area contributed by atoms with Gasteiger partial charge in [0.2, 0.25) is 0 Å². The van der Waals surface area contributed by atoms with Crippen molar-refractivity contribution in [2.45, 2.75) is 12.8 Å². The van der Waals surface area contributed by atoms with Gasteiger partial charge in [-0.05, 0) is 24.3 Å². The predicted octanol–water partition coefficient (Wildman–Crippen LogP) is 2.84. The Morgan fingerprint density at radius 1 is 1.17 bits per heavy atom. The summed E-state index contributed by atoms with van der Waals surface area (Å²) in [6.45, 7) is -0.256. The molecule has 0 saturated heterocycles. The van der Waals surface area contributed by atoms with Gasteiger partial charge in [-0.25, -0.2) is 0 Å². The molecule has 0 aliphatic heterocycles. The van der Waals surface area contributed by atoms with E-state index in [1.54, 1.807) is 0 Å². The Morgan fingerprint density at radius 2 is 1.83 bits per heavy atom. The molecule has 0 radical (unpaired) electrons. The second-order valence-corrected chi connectivity index (χ2v) is 4.27. The molecule has 2 rings (SSSR count). The summed E-state index contributed by atoms with van der Waals surface area (Å²) in [7, 11) is 0. The van der Waals surface area contributed by atoms with Crippen LogP contribution < -0.4 is 4.74 Å². The van der Waals surface area contributed by atoms with Crippen LogP contribution in [0.2, 0.25) is 0 Å². The maximum Gasteiger partial charge on any atom is 0.416 e. The van der Waals surface area contributed by atoms with Gasteiger partial charge in [-0.15, -0.1) is 5.10 Å². The zero-order valence-electron chi connectivity index (χ0n) is 8.81. The van der Waals surface area contributed by atoms with Crippen LogP contribution >= 0.6 is 11.3 Å². The van der Waals surface area contributed by atoms with Gasteiger partial charge in [-0.2, -0.15) is 13.2 Å². The third kappa shape index (κ3) is 2.96. The summed E-state index contributed by atoms with van der Waals surface area (Å²) >= 11 is 1.02. The van der Waals surface area contributed by atoms with E-state index in [-0.39, 0.29) is 17.6 Å². The Kier molecular flexibility index (Phi) is 3.48. The molecular weight excluding hydrogens is 269 g/mol. The molecule has 96 valence electrons. The number of ether oxygens (including phenoxy) is 1. The highest BCUT2D eigenvalue weighted by molar-refractivity contribution is 7.13. The maximum absolute atomic E-state index is 12.3. The van der Waals surface area contributed by atoms with Crippen LogP contribution in [-0.4, -0.2) is 15.3 Å². The van der Waals surface area contributed by atoms with E-state index >= 15 is 0 Å². The van der Waals surface area contributed by atoms with E-state index in [1.165, 1.54) is 12.1 Å². The van der Waals surface area contributed by atoms with Crippen molar-refractivity contribution < 1.29 is 23.0 Å². The fourth-order valence-corrected chi connectivity index (χ4v) is 1.72. The average Bonchev–Trinajstić information content (AvgIpc) is 2.76. The van der Waals surface area contributed by atoms with Crippen molar-refractivity contribution in [1.82, 2.24) is 10.2 Å². The summed E-state index contributed by atoms with van der Waals surface area (Å²) in [5, 5.41) is 16.5. The lowest BCUT2D eigenvalue weighted by molar-refractivity contribution is -0.137. The minimum absolute atomic E-state index is 0.166. The van der Waals surface area contributed by atoms with Gasteiger partial charge in [0.15, 0.2) is 0 Å². The molecule has 1 aromatic carbocycles. The van der Waals surface area contributed by atoms with Gasteiger partial charge in [-0.3, -0.25) is 0 Å². The number of nitrogens with zero attached hydrogens (tertiary/aromatic N) is 2. The lowest BCUT2D eigenvalue weighted by atomic mass is 10.2. The van der Waals surface area contributed by atoms with Crippen molar-refractivity contribution >= 4 is 11.3 Å². The molecular formula is C10H7F3N2O2S. The smallest absolute Gasteiger partial charge is 0.416 e. The monoisotopic (exact) mass is 276 g/mol. The Bertz CT molecular complexity index is 525. The molecule has 0 unspecified atom stereocenters. The fraction of sp³-hybridized carbons (Fsp3) is 0.200. The maximum atomic E-state index is 12.3. The Hall–Kier alpha value is -1.67. The standard InChI is InChI=1S/C10H7F3N2O2S/c11-10(12,13)6-1-3-7(4-2-6)17-9-15-14-8(5-16)18-9/h1-4,16H,5H2. The number of aliphatic hydroxyl groups is 1. The van der Waals surface area contributed by atoms with Gasteiger partial charge in [0.1, 0.15) is 10.8 Å². The van der Waals surface area contributed by atoms with Crippen molar-refractivity contribution in [2.75, 3.05) is 0 Å². The number of rotatable bonds is 3. The molecule has 2 aromatic rings. The Morgan fingerprint density at radius 3 is 2.33 bits per heavy atom. The molecule has 1 N–H and O–H groups in total. The van der Waals surface area contributed by atoms with E-state index in [0.29, 0.717) is 5.01 Å².